The summed E-state index contributed by atoms with van der Waals surface area (Å²) in [5.41, 5.74) is 3.70. The van der Waals surface area contributed by atoms with E-state index in [1.807, 2.05) is 18.0 Å². The van der Waals surface area contributed by atoms with Crippen molar-refractivity contribution < 1.29 is 15.0 Å². The summed E-state index contributed by atoms with van der Waals surface area (Å²) in [6.07, 6.45) is 12.6. The Morgan fingerprint density at radius 2 is 1.90 bits per heavy atom. The zero-order chi connectivity index (χ0) is 22.4. The number of phenolic OH excluding ortho intramolecular Hbond substituents is 2. The second-order valence-corrected chi connectivity index (χ2v) is 9.45. The molecule has 0 radical (unpaired) electrons. The van der Waals surface area contributed by atoms with Gasteiger partial charge in [-0.25, -0.2) is 4.79 Å². The summed E-state index contributed by atoms with van der Waals surface area (Å²) >= 11 is 0. The largest absolute Gasteiger partial charge is 0.507 e. The van der Waals surface area contributed by atoms with E-state index in [1.54, 1.807) is 4.90 Å². The predicted octanol–water partition coefficient (Wildman–Crippen LogP) is 6.08. The van der Waals surface area contributed by atoms with Crippen LogP contribution >= 0.6 is 0 Å². The van der Waals surface area contributed by atoms with Gasteiger partial charge >= 0.3 is 6.03 Å². The number of aryl methyl sites for hydroxylation is 1. The van der Waals surface area contributed by atoms with Gasteiger partial charge < -0.3 is 20.0 Å². The van der Waals surface area contributed by atoms with Crippen LogP contribution in [-0.4, -0.2) is 46.2 Å². The lowest BCUT2D eigenvalue weighted by Gasteiger charge is -2.32. The topological polar surface area (TPSA) is 64.0 Å². The molecule has 1 fully saturated rings. The quantitative estimate of drug-likeness (QED) is 0.408. The van der Waals surface area contributed by atoms with Crippen LogP contribution in [-0.2, 0) is 13.0 Å². The Bertz CT molecular complexity index is 796. The van der Waals surface area contributed by atoms with E-state index in [1.165, 1.54) is 12.0 Å². The molecule has 1 atom stereocenters. The highest BCUT2D eigenvalue weighted by Gasteiger charge is 2.27. The normalized spacial score (nSPS) is 19.3. The highest BCUT2D eigenvalue weighted by Crippen LogP contribution is 2.44. The van der Waals surface area contributed by atoms with E-state index >= 15 is 0 Å². The van der Waals surface area contributed by atoms with Crippen molar-refractivity contribution in [2.75, 3.05) is 20.1 Å². The number of piperidine rings is 1. The average Bonchev–Trinajstić information content (AvgIpc) is 2.76. The molecule has 1 unspecified atom stereocenters. The van der Waals surface area contributed by atoms with Crippen LogP contribution in [0, 0.1) is 0 Å². The van der Waals surface area contributed by atoms with Gasteiger partial charge in [-0.05, 0) is 69.9 Å². The Kier molecular flexibility index (Phi) is 8.28. The molecule has 0 aromatic heterocycles. The Morgan fingerprint density at radius 3 is 2.58 bits per heavy atom. The standard InChI is InChI=1S/C26H40N2O3/c1-4-5-7-12-20-17-23(29)24(21-13-10-11-19(2)16-21)25(30)22(20)18-27(3)26(31)28-14-8-6-9-15-28/h16-17,21,29-30H,4-15,18H2,1-3H3. The van der Waals surface area contributed by atoms with Crippen LogP contribution in [0.1, 0.15) is 94.2 Å². The van der Waals surface area contributed by atoms with Crippen LogP contribution in [0.2, 0.25) is 0 Å². The smallest absolute Gasteiger partial charge is 0.320 e. The van der Waals surface area contributed by atoms with Gasteiger partial charge in [-0.1, -0.05) is 31.4 Å². The second kappa shape index (κ2) is 10.9. The highest BCUT2D eigenvalue weighted by molar-refractivity contribution is 5.74. The summed E-state index contributed by atoms with van der Waals surface area (Å²) in [6, 6.07) is 1.87. The van der Waals surface area contributed by atoms with E-state index < -0.39 is 0 Å². The predicted molar refractivity (Wildman–Crippen MR) is 126 cm³/mol. The van der Waals surface area contributed by atoms with Crippen LogP contribution in [0.25, 0.3) is 0 Å². The van der Waals surface area contributed by atoms with Crippen molar-refractivity contribution in [3.63, 3.8) is 0 Å². The van der Waals surface area contributed by atoms with Crippen LogP contribution in [0.4, 0.5) is 4.79 Å². The Hall–Kier alpha value is -2.17. The number of unbranched alkanes of at least 4 members (excludes halogenated alkanes) is 2. The lowest BCUT2D eigenvalue weighted by molar-refractivity contribution is 0.150. The van der Waals surface area contributed by atoms with Gasteiger partial charge in [-0.3, -0.25) is 0 Å². The minimum Gasteiger partial charge on any atom is -0.507 e. The van der Waals surface area contributed by atoms with Crippen molar-refractivity contribution in [3.8, 4) is 11.5 Å². The van der Waals surface area contributed by atoms with Crippen molar-refractivity contribution in [1.82, 2.24) is 9.80 Å². The molecule has 1 aromatic carbocycles. The van der Waals surface area contributed by atoms with E-state index in [0.29, 0.717) is 12.1 Å². The molecule has 2 N–H and O–H groups in total. The van der Waals surface area contributed by atoms with Gasteiger partial charge in [0, 0.05) is 37.2 Å². The molecule has 5 nitrogen and oxygen atoms in total. The first kappa shape index (κ1) is 23.5. The number of urea groups is 1. The number of likely N-dealkylation sites (tertiary alicyclic amines) is 1. The molecule has 1 aromatic rings. The summed E-state index contributed by atoms with van der Waals surface area (Å²) in [5, 5.41) is 22.2. The maximum atomic E-state index is 13.0. The lowest BCUT2D eigenvalue weighted by atomic mass is 9.83. The second-order valence-electron chi connectivity index (χ2n) is 9.45. The van der Waals surface area contributed by atoms with E-state index in [9.17, 15) is 15.0 Å². The van der Waals surface area contributed by atoms with Crippen molar-refractivity contribution >= 4 is 6.03 Å². The third-order valence-corrected chi connectivity index (χ3v) is 6.86. The maximum absolute atomic E-state index is 13.0. The first-order valence-electron chi connectivity index (χ1n) is 12.2. The fraction of sp³-hybridized carbons (Fsp3) is 0.654. The summed E-state index contributed by atoms with van der Waals surface area (Å²) < 4.78 is 0. The molecule has 0 saturated carbocycles. The summed E-state index contributed by atoms with van der Waals surface area (Å²) in [5.74, 6) is 0.398. The molecular formula is C26H40N2O3. The molecule has 0 bridgehead atoms. The lowest BCUT2D eigenvalue weighted by Crippen LogP contribution is -2.43. The third kappa shape index (κ3) is 5.75. The van der Waals surface area contributed by atoms with Gasteiger partial charge in [0.15, 0.2) is 0 Å². The van der Waals surface area contributed by atoms with Crippen LogP contribution in [0.5, 0.6) is 11.5 Å². The van der Waals surface area contributed by atoms with Gasteiger partial charge in [-0.15, -0.1) is 0 Å². The number of benzene rings is 1. The maximum Gasteiger partial charge on any atom is 0.320 e. The molecule has 2 aliphatic rings. The van der Waals surface area contributed by atoms with Gasteiger partial charge in [0.25, 0.3) is 0 Å². The van der Waals surface area contributed by atoms with Crippen LogP contribution < -0.4 is 0 Å². The van der Waals surface area contributed by atoms with Crippen molar-refractivity contribution in [3.05, 3.63) is 34.4 Å². The van der Waals surface area contributed by atoms with Gasteiger partial charge in [-0.2, -0.15) is 0 Å². The fourth-order valence-electron chi connectivity index (χ4n) is 5.07. The van der Waals surface area contributed by atoms with Gasteiger partial charge in [0.2, 0.25) is 0 Å². The van der Waals surface area contributed by atoms with Crippen molar-refractivity contribution in [2.24, 2.45) is 0 Å². The molecule has 31 heavy (non-hydrogen) atoms. The number of rotatable bonds is 7. The molecule has 1 aliphatic carbocycles. The summed E-state index contributed by atoms with van der Waals surface area (Å²) in [4.78, 5) is 16.6. The molecule has 1 aliphatic heterocycles. The summed E-state index contributed by atoms with van der Waals surface area (Å²) in [7, 11) is 1.82. The average molecular weight is 429 g/mol. The van der Waals surface area contributed by atoms with Crippen molar-refractivity contribution in [1.29, 1.82) is 0 Å². The summed E-state index contributed by atoms with van der Waals surface area (Å²) in [6.45, 7) is 6.27. The molecular weight excluding hydrogens is 388 g/mol. The molecule has 172 valence electrons. The molecule has 3 rings (SSSR count). The number of hydrogen-bond donors (Lipinski definition) is 2. The minimum atomic E-state index is 0.0280. The Labute approximate surface area is 187 Å². The number of amides is 2. The number of allylic oxidation sites excluding steroid dienone is 2. The van der Waals surface area contributed by atoms with Crippen LogP contribution in [0.15, 0.2) is 17.7 Å². The van der Waals surface area contributed by atoms with Gasteiger partial charge in [0.1, 0.15) is 11.5 Å². The van der Waals surface area contributed by atoms with E-state index in [0.717, 1.165) is 82.0 Å². The number of nitrogens with zero attached hydrogens (tertiary/aromatic N) is 2. The molecule has 0 spiro atoms. The molecule has 1 saturated heterocycles. The fourth-order valence-corrected chi connectivity index (χ4v) is 5.07. The minimum absolute atomic E-state index is 0.0280. The number of carbonyl (C=O) groups is 1. The van der Waals surface area contributed by atoms with E-state index in [-0.39, 0.29) is 23.4 Å². The monoisotopic (exact) mass is 428 g/mol. The SMILES string of the molecule is CCCCCc1cc(O)c(C2C=C(C)CCC2)c(O)c1CN(C)C(=O)N1CCCCC1. The number of phenols is 2. The zero-order valence-corrected chi connectivity index (χ0v) is 19.6. The number of aromatic hydroxyl groups is 2. The van der Waals surface area contributed by atoms with E-state index in [4.69, 9.17) is 0 Å². The van der Waals surface area contributed by atoms with Gasteiger partial charge in [0.05, 0.1) is 6.54 Å². The third-order valence-electron chi connectivity index (χ3n) is 6.86. The number of hydrogen-bond acceptors (Lipinski definition) is 3. The zero-order valence-electron chi connectivity index (χ0n) is 19.6. The van der Waals surface area contributed by atoms with Crippen molar-refractivity contribution in [2.45, 2.75) is 90.5 Å². The Morgan fingerprint density at radius 1 is 1.16 bits per heavy atom. The first-order valence-corrected chi connectivity index (χ1v) is 12.2. The Balaban J connectivity index is 1.91. The highest BCUT2D eigenvalue weighted by atomic mass is 16.3. The molecule has 1 heterocycles. The van der Waals surface area contributed by atoms with Crippen LogP contribution in [0.3, 0.4) is 0 Å². The molecule has 2 amide bonds. The van der Waals surface area contributed by atoms with E-state index in [2.05, 4.69) is 19.9 Å². The number of carbonyl (C=O) groups excluding carboxylic acids is 1. The molecule has 5 heteroatoms. The first-order chi connectivity index (χ1) is 14.9.